The maximum Gasteiger partial charge on any atom is 0.179 e. The second-order valence-electron chi connectivity index (χ2n) is 4.75. The summed E-state index contributed by atoms with van der Waals surface area (Å²) in [5.74, 6) is 0.0490. The number of hydrazone groups is 1. The molecule has 0 aliphatic carbocycles. The maximum absolute atomic E-state index is 11.8. The highest BCUT2D eigenvalue weighted by Crippen LogP contribution is 2.19. The normalized spacial score (nSPS) is 27.5. The Hall–Kier alpha value is -0.810. The lowest BCUT2D eigenvalue weighted by Gasteiger charge is -2.23. The van der Waals surface area contributed by atoms with Crippen LogP contribution in [-0.2, 0) is 4.79 Å². The molecule has 1 aliphatic heterocycles. The summed E-state index contributed by atoms with van der Waals surface area (Å²) in [5.41, 5.74) is 8.71. The first-order chi connectivity index (χ1) is 6.82. The van der Waals surface area contributed by atoms with E-state index in [2.05, 4.69) is 10.5 Å². The summed E-state index contributed by atoms with van der Waals surface area (Å²) >= 11 is 5.04. The Morgan fingerprint density at radius 1 is 1.53 bits per heavy atom. The molecule has 0 saturated carbocycles. The van der Waals surface area contributed by atoms with Gasteiger partial charge >= 0.3 is 0 Å². The van der Waals surface area contributed by atoms with E-state index in [1.54, 1.807) is 0 Å². The van der Waals surface area contributed by atoms with Crippen molar-refractivity contribution >= 4 is 28.7 Å². The van der Waals surface area contributed by atoms with Crippen molar-refractivity contribution in [1.29, 1.82) is 0 Å². The van der Waals surface area contributed by atoms with Crippen LogP contribution in [0.3, 0.4) is 0 Å². The molecule has 5 heteroatoms. The minimum Gasteiger partial charge on any atom is -0.322 e. The summed E-state index contributed by atoms with van der Waals surface area (Å²) in [6, 6.07) is -0.269. The van der Waals surface area contributed by atoms with Gasteiger partial charge in [0.05, 0.1) is 6.04 Å². The van der Waals surface area contributed by atoms with E-state index in [9.17, 15) is 4.79 Å². The fourth-order valence-corrected chi connectivity index (χ4v) is 1.54. The van der Waals surface area contributed by atoms with Crippen molar-refractivity contribution in [2.24, 2.45) is 16.3 Å². The number of hydrogen-bond donors (Lipinski definition) is 2. The molecule has 0 bridgehead atoms. The third kappa shape index (κ3) is 3.07. The molecule has 0 spiro atoms. The highest BCUT2D eigenvalue weighted by molar-refractivity contribution is 7.80. The standard InChI is InChI=1S/C10H17N3OS/c1-10(2,3)8-7(14)5-4-6(11)9(15)13-12-8/h6H,4-5,11H2,1-3H3,(H,13,15)/b12-8+. The van der Waals surface area contributed by atoms with Gasteiger partial charge in [-0.15, -0.1) is 0 Å². The summed E-state index contributed by atoms with van der Waals surface area (Å²) in [4.78, 5) is 12.3. The van der Waals surface area contributed by atoms with Gasteiger partial charge in [-0.3, -0.25) is 10.2 Å². The molecule has 1 atom stereocenters. The van der Waals surface area contributed by atoms with E-state index in [4.69, 9.17) is 18.0 Å². The molecule has 1 unspecified atom stereocenters. The summed E-state index contributed by atoms with van der Waals surface area (Å²) < 4.78 is 0. The molecule has 0 aromatic carbocycles. The highest BCUT2D eigenvalue weighted by atomic mass is 32.1. The number of hydrogen-bond acceptors (Lipinski definition) is 4. The van der Waals surface area contributed by atoms with Gasteiger partial charge in [-0.1, -0.05) is 33.0 Å². The van der Waals surface area contributed by atoms with Crippen molar-refractivity contribution in [3.8, 4) is 0 Å². The van der Waals surface area contributed by atoms with E-state index in [0.29, 0.717) is 23.5 Å². The molecule has 1 aliphatic rings. The number of thiocarbonyl (C=S) groups is 1. The molecule has 1 rings (SSSR count). The minimum atomic E-state index is -0.269. The molecule has 0 aromatic heterocycles. The lowest BCUT2D eigenvalue weighted by Crippen LogP contribution is -2.42. The van der Waals surface area contributed by atoms with Gasteiger partial charge in [0.2, 0.25) is 0 Å². The summed E-state index contributed by atoms with van der Waals surface area (Å²) in [7, 11) is 0. The molecule has 1 heterocycles. The van der Waals surface area contributed by atoms with Crippen LogP contribution in [0.15, 0.2) is 5.10 Å². The molecule has 15 heavy (non-hydrogen) atoms. The monoisotopic (exact) mass is 227 g/mol. The Balaban J connectivity index is 2.96. The largest absolute Gasteiger partial charge is 0.322 e. The number of ketones is 1. The maximum atomic E-state index is 11.8. The first-order valence-electron chi connectivity index (χ1n) is 4.99. The van der Waals surface area contributed by atoms with Gasteiger partial charge in [0.25, 0.3) is 0 Å². The average Bonchev–Trinajstić information content (AvgIpc) is 2.10. The zero-order valence-corrected chi connectivity index (χ0v) is 10.1. The number of carbonyl (C=O) groups is 1. The Morgan fingerprint density at radius 2 is 2.13 bits per heavy atom. The van der Waals surface area contributed by atoms with Gasteiger partial charge in [0.15, 0.2) is 5.78 Å². The average molecular weight is 227 g/mol. The number of nitrogens with one attached hydrogen (secondary N) is 1. The van der Waals surface area contributed by atoms with E-state index >= 15 is 0 Å². The second kappa shape index (κ2) is 4.37. The molecular weight excluding hydrogens is 210 g/mol. The van der Waals surface area contributed by atoms with Crippen LogP contribution in [0, 0.1) is 5.41 Å². The van der Waals surface area contributed by atoms with Gasteiger partial charge in [0, 0.05) is 11.8 Å². The number of rotatable bonds is 0. The third-order valence-corrected chi connectivity index (χ3v) is 2.67. The zero-order valence-electron chi connectivity index (χ0n) is 9.33. The molecular formula is C10H17N3OS. The highest BCUT2D eigenvalue weighted by Gasteiger charge is 2.28. The number of nitrogens with two attached hydrogens (primary N) is 1. The van der Waals surface area contributed by atoms with Crippen molar-refractivity contribution in [2.45, 2.75) is 39.7 Å². The molecule has 4 nitrogen and oxygen atoms in total. The van der Waals surface area contributed by atoms with Gasteiger partial charge in [-0.05, 0) is 6.42 Å². The first kappa shape index (κ1) is 12.3. The number of Topliss-reactive ketones (excluding diaryl/α,β-unsaturated/α-hetero) is 1. The quantitative estimate of drug-likeness (QED) is 0.606. The lowest BCUT2D eigenvalue weighted by molar-refractivity contribution is -0.113. The van der Waals surface area contributed by atoms with Gasteiger partial charge in [-0.2, -0.15) is 5.10 Å². The summed E-state index contributed by atoms with van der Waals surface area (Å²) in [5, 5.41) is 4.06. The van der Waals surface area contributed by atoms with Crippen molar-refractivity contribution in [2.75, 3.05) is 0 Å². The molecule has 0 radical (unpaired) electrons. The van der Waals surface area contributed by atoms with Crippen LogP contribution >= 0.6 is 12.2 Å². The van der Waals surface area contributed by atoms with Crippen LogP contribution in [0.25, 0.3) is 0 Å². The molecule has 0 aromatic rings. The van der Waals surface area contributed by atoms with E-state index in [-0.39, 0.29) is 17.2 Å². The molecule has 0 saturated heterocycles. The van der Waals surface area contributed by atoms with Crippen LogP contribution in [0.1, 0.15) is 33.6 Å². The molecule has 84 valence electrons. The van der Waals surface area contributed by atoms with E-state index < -0.39 is 0 Å². The first-order valence-corrected chi connectivity index (χ1v) is 5.40. The Kier molecular flexibility index (Phi) is 3.57. The van der Waals surface area contributed by atoms with Crippen molar-refractivity contribution in [1.82, 2.24) is 5.43 Å². The fraction of sp³-hybridized carbons (Fsp3) is 0.700. The van der Waals surface area contributed by atoms with Crippen LogP contribution in [0.2, 0.25) is 0 Å². The van der Waals surface area contributed by atoms with Crippen molar-refractivity contribution in [3.63, 3.8) is 0 Å². The Labute approximate surface area is 95.3 Å². The number of carbonyl (C=O) groups excluding carboxylic acids is 1. The minimum absolute atomic E-state index is 0.0490. The SMILES string of the molecule is CC(C)(C)/C1=N/NC(=S)C(N)CCC1=O. The van der Waals surface area contributed by atoms with Gasteiger partial charge in [0.1, 0.15) is 10.7 Å². The predicted octanol–water partition coefficient (Wildman–Crippen LogP) is 0.996. The fourth-order valence-electron chi connectivity index (χ4n) is 1.38. The van der Waals surface area contributed by atoms with Crippen LogP contribution in [-0.4, -0.2) is 22.5 Å². The van der Waals surface area contributed by atoms with E-state index in [0.717, 1.165) is 0 Å². The molecule has 0 fully saturated rings. The lowest BCUT2D eigenvalue weighted by atomic mass is 9.85. The predicted molar refractivity (Wildman–Crippen MR) is 64.8 cm³/mol. The van der Waals surface area contributed by atoms with Crippen LogP contribution in [0.5, 0.6) is 0 Å². The summed E-state index contributed by atoms with van der Waals surface area (Å²) in [6.07, 6.45) is 0.999. The molecule has 0 amide bonds. The topological polar surface area (TPSA) is 67.5 Å². The van der Waals surface area contributed by atoms with Crippen molar-refractivity contribution in [3.05, 3.63) is 0 Å². The van der Waals surface area contributed by atoms with Crippen molar-refractivity contribution < 1.29 is 4.79 Å². The smallest absolute Gasteiger partial charge is 0.179 e. The third-order valence-electron chi connectivity index (χ3n) is 2.27. The van der Waals surface area contributed by atoms with Gasteiger partial charge in [-0.25, -0.2) is 0 Å². The summed E-state index contributed by atoms with van der Waals surface area (Å²) in [6.45, 7) is 5.86. The Morgan fingerprint density at radius 3 is 2.67 bits per heavy atom. The second-order valence-corrected chi connectivity index (χ2v) is 5.19. The van der Waals surface area contributed by atoms with Crippen LogP contribution < -0.4 is 11.2 Å². The van der Waals surface area contributed by atoms with Gasteiger partial charge < -0.3 is 5.73 Å². The zero-order chi connectivity index (χ0) is 11.6. The Bertz CT molecular complexity index is 317. The van der Waals surface area contributed by atoms with E-state index in [1.807, 2.05) is 20.8 Å². The number of nitrogens with zero attached hydrogens (tertiary/aromatic N) is 1. The van der Waals surface area contributed by atoms with Crippen LogP contribution in [0.4, 0.5) is 0 Å². The van der Waals surface area contributed by atoms with E-state index in [1.165, 1.54) is 0 Å². The molecule has 3 N–H and O–H groups in total.